The molecule has 0 saturated heterocycles. The normalized spacial score (nSPS) is 16.3. The predicted molar refractivity (Wildman–Crippen MR) is 76.1 cm³/mol. The van der Waals surface area contributed by atoms with Crippen LogP contribution in [0.25, 0.3) is 0 Å². The maximum Gasteiger partial charge on any atom is 0.0897 e. The van der Waals surface area contributed by atoms with E-state index in [1.54, 1.807) is 0 Å². The summed E-state index contributed by atoms with van der Waals surface area (Å²) in [5, 5.41) is 30.3. The number of aliphatic hydroxyl groups is 3. The number of nitrogens with one attached hydrogen (secondary N) is 1. The highest BCUT2D eigenvalue weighted by Crippen LogP contribution is 2.12. The average molecular weight is 277 g/mol. The van der Waals surface area contributed by atoms with E-state index in [0.717, 1.165) is 6.42 Å². The van der Waals surface area contributed by atoms with Gasteiger partial charge in [-0.15, -0.1) is 0 Å². The third kappa shape index (κ3) is 11.3. The molecule has 0 aromatic heterocycles. The summed E-state index contributed by atoms with van der Waals surface area (Å²) in [6, 6.07) is 0. The summed E-state index contributed by atoms with van der Waals surface area (Å²) >= 11 is 0. The Kier molecular flexibility index (Phi) is 12.7. The molecule has 0 heterocycles. The molecule has 0 aromatic rings. The lowest BCUT2D eigenvalue weighted by molar-refractivity contribution is 0.0170. The second kappa shape index (κ2) is 12.8. The first kappa shape index (κ1) is 18.8. The van der Waals surface area contributed by atoms with Crippen molar-refractivity contribution >= 4 is 0 Å². The van der Waals surface area contributed by atoms with Crippen molar-refractivity contribution in [1.29, 1.82) is 0 Å². The largest absolute Gasteiger partial charge is 0.394 e. The van der Waals surface area contributed by atoms with Gasteiger partial charge < -0.3 is 25.4 Å². The van der Waals surface area contributed by atoms with Crippen molar-refractivity contribution in [3.63, 3.8) is 0 Å². The summed E-state index contributed by atoms with van der Waals surface area (Å²) in [7, 11) is 0. The van der Waals surface area contributed by atoms with Crippen LogP contribution in [0.4, 0.5) is 0 Å². The van der Waals surface area contributed by atoms with Crippen LogP contribution in [0.3, 0.4) is 0 Å². The van der Waals surface area contributed by atoms with Gasteiger partial charge in [-0.1, -0.05) is 33.1 Å². The van der Waals surface area contributed by atoms with E-state index in [1.165, 1.54) is 19.3 Å². The quantitative estimate of drug-likeness (QED) is 0.395. The van der Waals surface area contributed by atoms with Crippen LogP contribution in [0.2, 0.25) is 0 Å². The molecule has 19 heavy (non-hydrogen) atoms. The van der Waals surface area contributed by atoms with Gasteiger partial charge in [0.25, 0.3) is 0 Å². The molecule has 0 aliphatic heterocycles. The maximum absolute atomic E-state index is 9.66. The van der Waals surface area contributed by atoms with Crippen molar-refractivity contribution in [2.24, 2.45) is 5.92 Å². The molecule has 0 spiro atoms. The van der Waals surface area contributed by atoms with E-state index < -0.39 is 12.2 Å². The van der Waals surface area contributed by atoms with E-state index in [9.17, 15) is 5.11 Å². The summed E-state index contributed by atoms with van der Waals surface area (Å²) in [4.78, 5) is 0. The minimum Gasteiger partial charge on any atom is -0.394 e. The Morgan fingerprint density at radius 2 is 1.74 bits per heavy atom. The van der Waals surface area contributed by atoms with Crippen molar-refractivity contribution in [1.82, 2.24) is 5.32 Å². The number of unbranched alkanes of at least 4 members (excludes halogenated alkanes) is 1. The Labute approximate surface area is 117 Å². The van der Waals surface area contributed by atoms with E-state index >= 15 is 0 Å². The van der Waals surface area contributed by atoms with Gasteiger partial charge in [-0.25, -0.2) is 0 Å². The minimum atomic E-state index is -0.772. The fraction of sp³-hybridized carbons (Fsp3) is 1.00. The highest BCUT2D eigenvalue weighted by atomic mass is 16.5. The predicted octanol–water partition coefficient (Wildman–Crippen LogP) is 0.523. The number of ether oxygens (including phenoxy) is 1. The summed E-state index contributed by atoms with van der Waals surface area (Å²) in [6.07, 6.45) is 3.38. The molecule has 0 radical (unpaired) electrons. The monoisotopic (exact) mass is 277 g/mol. The molecule has 3 unspecified atom stereocenters. The van der Waals surface area contributed by atoms with Crippen LogP contribution < -0.4 is 5.32 Å². The van der Waals surface area contributed by atoms with Crippen LogP contribution in [-0.4, -0.2) is 60.4 Å². The number of rotatable bonds is 13. The lowest BCUT2D eigenvalue weighted by Crippen LogP contribution is -2.36. The Morgan fingerprint density at radius 1 is 1.05 bits per heavy atom. The fourth-order valence-corrected chi connectivity index (χ4v) is 1.81. The van der Waals surface area contributed by atoms with Gasteiger partial charge in [0.2, 0.25) is 0 Å². The van der Waals surface area contributed by atoms with Crippen molar-refractivity contribution in [3.8, 4) is 0 Å². The molecule has 0 aliphatic carbocycles. The molecule has 0 aliphatic rings. The van der Waals surface area contributed by atoms with Crippen molar-refractivity contribution < 1.29 is 20.1 Å². The van der Waals surface area contributed by atoms with Crippen molar-refractivity contribution in [2.45, 2.75) is 51.7 Å². The average Bonchev–Trinajstić information content (AvgIpc) is 2.42. The second-order valence-electron chi connectivity index (χ2n) is 5.10. The van der Waals surface area contributed by atoms with E-state index in [-0.39, 0.29) is 13.2 Å². The Balaban J connectivity index is 3.52. The summed E-state index contributed by atoms with van der Waals surface area (Å²) < 4.78 is 5.53. The maximum atomic E-state index is 9.66. The third-order valence-corrected chi connectivity index (χ3v) is 3.18. The molecule has 0 amide bonds. The lowest BCUT2D eigenvalue weighted by atomic mass is 10.0. The van der Waals surface area contributed by atoms with Gasteiger partial charge in [0.15, 0.2) is 0 Å². The zero-order chi connectivity index (χ0) is 14.5. The highest BCUT2D eigenvalue weighted by molar-refractivity contribution is 4.63. The Hall–Kier alpha value is -0.200. The second-order valence-corrected chi connectivity index (χ2v) is 5.10. The minimum absolute atomic E-state index is 0.269. The molecule has 4 N–H and O–H groups in total. The summed E-state index contributed by atoms with van der Waals surface area (Å²) in [5.41, 5.74) is 0. The van der Waals surface area contributed by atoms with E-state index in [0.29, 0.717) is 25.7 Å². The zero-order valence-electron chi connectivity index (χ0n) is 12.3. The number of hydrogen-bond acceptors (Lipinski definition) is 5. The first-order chi connectivity index (χ1) is 9.13. The zero-order valence-corrected chi connectivity index (χ0v) is 12.3. The van der Waals surface area contributed by atoms with Gasteiger partial charge >= 0.3 is 0 Å². The smallest absolute Gasteiger partial charge is 0.0897 e. The molecule has 0 fully saturated rings. The fourth-order valence-electron chi connectivity index (χ4n) is 1.81. The molecular weight excluding hydrogens is 246 g/mol. The van der Waals surface area contributed by atoms with E-state index in [4.69, 9.17) is 14.9 Å². The number of hydrogen-bond donors (Lipinski definition) is 4. The Bertz CT molecular complexity index is 192. The molecule has 0 rings (SSSR count). The van der Waals surface area contributed by atoms with Gasteiger partial charge in [0.1, 0.15) is 0 Å². The van der Waals surface area contributed by atoms with Crippen LogP contribution in [0.15, 0.2) is 0 Å². The van der Waals surface area contributed by atoms with Crippen LogP contribution in [0.1, 0.15) is 39.5 Å². The molecule has 3 atom stereocenters. The van der Waals surface area contributed by atoms with Gasteiger partial charge in [0, 0.05) is 19.7 Å². The standard InChI is InChI=1S/C14H31NO4/c1-3-5-6-12(4-2)10-19-11-14(18)8-15-7-13(17)9-16/h12-18H,3-11H2,1-2H3. The van der Waals surface area contributed by atoms with E-state index in [1.807, 2.05) is 0 Å². The molecule has 0 saturated carbocycles. The number of aliphatic hydroxyl groups excluding tert-OH is 3. The molecule has 5 nitrogen and oxygen atoms in total. The van der Waals surface area contributed by atoms with Crippen molar-refractivity contribution in [3.05, 3.63) is 0 Å². The van der Waals surface area contributed by atoms with Crippen LogP contribution >= 0.6 is 0 Å². The SMILES string of the molecule is CCCCC(CC)COCC(O)CNCC(O)CO. The van der Waals surface area contributed by atoms with Crippen LogP contribution in [-0.2, 0) is 4.74 Å². The Morgan fingerprint density at radius 3 is 2.32 bits per heavy atom. The molecule has 116 valence electrons. The first-order valence-corrected chi connectivity index (χ1v) is 7.39. The molecule has 0 bridgehead atoms. The topological polar surface area (TPSA) is 82.0 Å². The van der Waals surface area contributed by atoms with Crippen molar-refractivity contribution in [2.75, 3.05) is 32.9 Å². The molecule has 5 heteroatoms. The lowest BCUT2D eigenvalue weighted by Gasteiger charge is -2.17. The van der Waals surface area contributed by atoms with Gasteiger partial charge in [-0.3, -0.25) is 0 Å². The summed E-state index contributed by atoms with van der Waals surface area (Å²) in [5.74, 6) is 0.580. The van der Waals surface area contributed by atoms with Gasteiger partial charge in [0.05, 0.1) is 25.4 Å². The van der Waals surface area contributed by atoms with Gasteiger partial charge in [-0.05, 0) is 12.3 Å². The first-order valence-electron chi connectivity index (χ1n) is 7.39. The van der Waals surface area contributed by atoms with E-state index in [2.05, 4.69) is 19.2 Å². The molecule has 0 aromatic carbocycles. The van der Waals surface area contributed by atoms with Gasteiger partial charge in [-0.2, -0.15) is 0 Å². The third-order valence-electron chi connectivity index (χ3n) is 3.18. The summed E-state index contributed by atoms with van der Waals surface area (Å²) in [6.45, 7) is 5.74. The molecular formula is C14H31NO4. The highest BCUT2D eigenvalue weighted by Gasteiger charge is 2.09. The van der Waals surface area contributed by atoms with Crippen LogP contribution in [0, 0.1) is 5.92 Å². The van der Waals surface area contributed by atoms with Crippen LogP contribution in [0.5, 0.6) is 0 Å².